The van der Waals surface area contributed by atoms with E-state index in [-0.39, 0.29) is 29.9 Å². The number of amides is 2. The summed E-state index contributed by atoms with van der Waals surface area (Å²) >= 11 is 3.13. The Kier molecular flexibility index (Phi) is 7.87. The normalized spacial score (nSPS) is 10.1. The molecule has 0 unspecified atom stereocenters. The van der Waals surface area contributed by atoms with Gasteiger partial charge in [-0.1, -0.05) is 0 Å². The molecule has 0 aliphatic rings. The quantitative estimate of drug-likeness (QED) is 0.372. The highest BCUT2D eigenvalue weighted by Gasteiger charge is 2.10. The summed E-state index contributed by atoms with van der Waals surface area (Å²) in [4.78, 5) is 35.0. The zero-order valence-electron chi connectivity index (χ0n) is 14.6. The van der Waals surface area contributed by atoms with Gasteiger partial charge in [0.2, 0.25) is 0 Å². The molecular weight excluding hydrogens is 420 g/mol. The summed E-state index contributed by atoms with van der Waals surface area (Å²) in [7, 11) is 0. The highest BCUT2D eigenvalue weighted by Crippen LogP contribution is 2.14. The van der Waals surface area contributed by atoms with Crippen molar-refractivity contribution in [2.75, 3.05) is 19.7 Å². The van der Waals surface area contributed by atoms with E-state index in [9.17, 15) is 14.4 Å². The summed E-state index contributed by atoms with van der Waals surface area (Å²) in [5.74, 6) is -0.0727. The lowest BCUT2D eigenvalue weighted by molar-refractivity contribution is 0.0923. The number of halogens is 1. The van der Waals surface area contributed by atoms with Gasteiger partial charge < -0.3 is 24.5 Å². The van der Waals surface area contributed by atoms with E-state index in [0.29, 0.717) is 29.7 Å². The lowest BCUT2D eigenvalue weighted by atomic mass is 10.2. The van der Waals surface area contributed by atoms with Crippen LogP contribution in [0.25, 0.3) is 0 Å². The Morgan fingerprint density at radius 3 is 2.26 bits per heavy atom. The maximum atomic E-state index is 12.1. The zero-order valence-corrected chi connectivity index (χ0v) is 16.2. The van der Waals surface area contributed by atoms with E-state index in [4.69, 9.17) is 9.15 Å². The molecule has 0 saturated heterocycles. The summed E-state index contributed by atoms with van der Waals surface area (Å²) in [6, 6.07) is 9.30. The average molecular weight is 439 g/mol. The van der Waals surface area contributed by atoms with Crippen LogP contribution in [0.1, 0.15) is 34.3 Å². The number of carbonyl (C=O) groups is 3. The molecule has 144 valence electrons. The van der Waals surface area contributed by atoms with E-state index in [1.807, 2.05) is 0 Å². The minimum Gasteiger partial charge on any atom is -0.444 e. The molecule has 0 saturated carbocycles. The summed E-state index contributed by atoms with van der Waals surface area (Å²) in [5, 5.41) is 5.44. The molecule has 1 heterocycles. The topological polar surface area (TPSA) is 107 Å². The predicted octanol–water partition coefficient (Wildman–Crippen LogP) is 3.13. The first kappa shape index (κ1) is 20.5. The molecule has 2 N–H and O–H groups in total. The number of hydrogen-bond donors (Lipinski definition) is 2. The molecule has 0 bridgehead atoms. The first-order chi connectivity index (χ1) is 13.0. The van der Waals surface area contributed by atoms with Gasteiger partial charge in [0.05, 0.1) is 6.61 Å². The predicted molar refractivity (Wildman–Crippen MR) is 99.8 cm³/mol. The number of rotatable bonds is 8. The van der Waals surface area contributed by atoms with Gasteiger partial charge in [-0.2, -0.15) is 0 Å². The Balaban J connectivity index is 1.68. The molecule has 0 spiro atoms. The van der Waals surface area contributed by atoms with Crippen LogP contribution < -0.4 is 15.4 Å². The molecule has 27 heavy (non-hydrogen) atoms. The number of ether oxygens (including phenoxy) is 2. The Labute approximate surface area is 164 Å². The molecule has 9 heteroatoms. The number of benzene rings is 1. The van der Waals surface area contributed by atoms with Gasteiger partial charge >= 0.3 is 6.16 Å². The summed E-state index contributed by atoms with van der Waals surface area (Å²) in [5.41, 5.74) is 0.427. The van der Waals surface area contributed by atoms with E-state index in [1.54, 1.807) is 31.2 Å². The van der Waals surface area contributed by atoms with Crippen molar-refractivity contribution in [1.82, 2.24) is 10.6 Å². The zero-order chi connectivity index (χ0) is 19.6. The van der Waals surface area contributed by atoms with Crippen LogP contribution in [-0.2, 0) is 4.74 Å². The van der Waals surface area contributed by atoms with Crippen LogP contribution in [-0.4, -0.2) is 37.7 Å². The van der Waals surface area contributed by atoms with E-state index >= 15 is 0 Å². The van der Waals surface area contributed by atoms with Crippen molar-refractivity contribution in [3.63, 3.8) is 0 Å². The maximum absolute atomic E-state index is 12.1. The molecular formula is C18H19BrN2O6. The smallest absolute Gasteiger partial charge is 0.444 e. The van der Waals surface area contributed by atoms with E-state index in [0.717, 1.165) is 0 Å². The van der Waals surface area contributed by atoms with Gasteiger partial charge in [0.1, 0.15) is 5.75 Å². The molecule has 2 rings (SSSR count). The summed E-state index contributed by atoms with van der Waals surface area (Å²) in [6.45, 7) is 2.68. The Hall–Kier alpha value is -2.81. The second-order valence-corrected chi connectivity index (χ2v) is 6.06. The van der Waals surface area contributed by atoms with Crippen molar-refractivity contribution in [2.24, 2.45) is 0 Å². The minimum atomic E-state index is -0.793. The SMILES string of the molecule is CCOC(=O)Oc1ccc(C(=O)NCCCNC(=O)c2ccc(Br)o2)cc1. The highest BCUT2D eigenvalue weighted by atomic mass is 79.9. The Morgan fingerprint density at radius 1 is 1.00 bits per heavy atom. The van der Waals surface area contributed by atoms with Crippen molar-refractivity contribution in [1.29, 1.82) is 0 Å². The third kappa shape index (κ3) is 6.78. The fourth-order valence-electron chi connectivity index (χ4n) is 2.04. The molecule has 0 aliphatic heterocycles. The van der Waals surface area contributed by atoms with Crippen LogP contribution in [0.4, 0.5) is 4.79 Å². The van der Waals surface area contributed by atoms with Crippen molar-refractivity contribution in [3.05, 3.63) is 52.4 Å². The second kappa shape index (κ2) is 10.4. The molecule has 1 aromatic heterocycles. The molecule has 0 radical (unpaired) electrons. The fourth-order valence-corrected chi connectivity index (χ4v) is 2.34. The van der Waals surface area contributed by atoms with Gasteiger partial charge in [-0.3, -0.25) is 9.59 Å². The molecule has 2 amide bonds. The molecule has 0 fully saturated rings. The van der Waals surface area contributed by atoms with Gasteiger partial charge in [-0.25, -0.2) is 4.79 Å². The molecule has 8 nitrogen and oxygen atoms in total. The number of nitrogens with one attached hydrogen (secondary N) is 2. The van der Waals surface area contributed by atoms with E-state index < -0.39 is 6.16 Å². The highest BCUT2D eigenvalue weighted by molar-refractivity contribution is 9.10. The maximum Gasteiger partial charge on any atom is 0.513 e. The van der Waals surface area contributed by atoms with Gasteiger partial charge in [0.25, 0.3) is 11.8 Å². The number of hydrogen-bond acceptors (Lipinski definition) is 6. The lowest BCUT2D eigenvalue weighted by Gasteiger charge is -2.07. The molecule has 1 aromatic carbocycles. The van der Waals surface area contributed by atoms with Crippen molar-refractivity contribution < 1.29 is 28.3 Å². The van der Waals surface area contributed by atoms with Crippen LogP contribution in [0.2, 0.25) is 0 Å². The van der Waals surface area contributed by atoms with Crippen LogP contribution in [0.3, 0.4) is 0 Å². The minimum absolute atomic E-state index is 0.219. The standard InChI is InChI=1S/C18H19BrN2O6/c1-2-25-18(24)26-13-6-4-12(5-7-13)16(22)20-10-3-11-21-17(23)14-8-9-15(19)27-14/h4-9H,2-3,10-11H2,1H3,(H,20,22)(H,21,23). The second-order valence-electron chi connectivity index (χ2n) is 5.28. The Morgan fingerprint density at radius 2 is 1.67 bits per heavy atom. The number of carbonyl (C=O) groups excluding carboxylic acids is 3. The lowest BCUT2D eigenvalue weighted by Crippen LogP contribution is -2.29. The van der Waals surface area contributed by atoms with Crippen LogP contribution in [0.5, 0.6) is 5.75 Å². The third-order valence-corrected chi connectivity index (χ3v) is 3.73. The first-order valence-corrected chi connectivity index (χ1v) is 9.05. The largest absolute Gasteiger partial charge is 0.513 e. The molecule has 0 aliphatic carbocycles. The monoisotopic (exact) mass is 438 g/mol. The van der Waals surface area contributed by atoms with Gasteiger partial charge in [0, 0.05) is 18.7 Å². The average Bonchev–Trinajstić information content (AvgIpc) is 3.08. The van der Waals surface area contributed by atoms with E-state index in [2.05, 4.69) is 31.3 Å². The number of furan rings is 1. The van der Waals surface area contributed by atoms with Gasteiger partial charge in [-0.15, -0.1) is 0 Å². The van der Waals surface area contributed by atoms with Crippen molar-refractivity contribution in [3.8, 4) is 5.75 Å². The van der Waals surface area contributed by atoms with Gasteiger partial charge in [-0.05, 0) is 65.7 Å². The van der Waals surface area contributed by atoms with Crippen LogP contribution in [0, 0.1) is 0 Å². The van der Waals surface area contributed by atoms with Crippen LogP contribution in [0.15, 0.2) is 45.5 Å². The molecule has 2 aromatic rings. The molecule has 0 atom stereocenters. The van der Waals surface area contributed by atoms with Gasteiger partial charge in [0.15, 0.2) is 10.4 Å². The van der Waals surface area contributed by atoms with Crippen molar-refractivity contribution in [2.45, 2.75) is 13.3 Å². The van der Waals surface area contributed by atoms with Crippen LogP contribution >= 0.6 is 15.9 Å². The first-order valence-electron chi connectivity index (χ1n) is 8.26. The Bertz CT molecular complexity index is 787. The summed E-state index contributed by atoms with van der Waals surface area (Å²) in [6.07, 6.45) is -0.234. The summed E-state index contributed by atoms with van der Waals surface area (Å²) < 4.78 is 15.2. The van der Waals surface area contributed by atoms with Crippen molar-refractivity contribution >= 4 is 33.9 Å². The fraction of sp³-hybridized carbons (Fsp3) is 0.278. The third-order valence-electron chi connectivity index (χ3n) is 3.30. The van der Waals surface area contributed by atoms with E-state index in [1.165, 1.54) is 12.1 Å².